The van der Waals surface area contributed by atoms with E-state index in [9.17, 15) is 8.78 Å². The van der Waals surface area contributed by atoms with Gasteiger partial charge in [0.2, 0.25) is 0 Å². The number of para-hydroxylation sites is 1. The Hall–Kier alpha value is -1.40. The first kappa shape index (κ1) is 29.6. The number of ether oxygens (including phenoxy) is 3. The predicted octanol–water partition coefficient (Wildman–Crippen LogP) is 3.72. The second-order valence-corrected chi connectivity index (χ2v) is 6.80. The highest BCUT2D eigenvalue weighted by atomic mass is 127. The molecule has 0 fully saturated rings. The van der Waals surface area contributed by atoms with Crippen LogP contribution in [0.25, 0.3) is 0 Å². The van der Waals surface area contributed by atoms with Crippen LogP contribution in [-0.4, -0.2) is 70.5 Å². The maximum absolute atomic E-state index is 12.9. The van der Waals surface area contributed by atoms with Gasteiger partial charge in [0.1, 0.15) is 0 Å². The molecule has 1 rings (SSSR count). The molecule has 1 aromatic rings. The first-order valence-corrected chi connectivity index (χ1v) is 10.4. The Morgan fingerprint density at radius 3 is 2.45 bits per heavy atom. The van der Waals surface area contributed by atoms with Crippen molar-refractivity contribution in [1.82, 2.24) is 15.5 Å². The molecule has 1 atom stereocenters. The lowest BCUT2D eigenvalue weighted by Gasteiger charge is -2.21. The van der Waals surface area contributed by atoms with Crippen LogP contribution in [0.5, 0.6) is 11.5 Å². The highest BCUT2D eigenvalue weighted by Crippen LogP contribution is 2.33. The molecule has 1 unspecified atom stereocenters. The van der Waals surface area contributed by atoms with Crippen LogP contribution in [0.4, 0.5) is 8.78 Å². The predicted molar refractivity (Wildman–Crippen MR) is 131 cm³/mol. The summed E-state index contributed by atoms with van der Waals surface area (Å²) in [6.45, 7) is 6.10. The smallest absolute Gasteiger partial charge is 0.387 e. The number of guanidine groups is 1. The van der Waals surface area contributed by atoms with Crippen molar-refractivity contribution in [2.45, 2.75) is 46.5 Å². The molecule has 10 heteroatoms. The van der Waals surface area contributed by atoms with Crippen molar-refractivity contribution in [1.29, 1.82) is 0 Å². The third-order valence-corrected chi connectivity index (χ3v) is 4.12. The molecule has 0 heterocycles. The summed E-state index contributed by atoms with van der Waals surface area (Å²) >= 11 is 0. The summed E-state index contributed by atoms with van der Waals surface area (Å²) in [6.07, 6.45) is 0.927. The number of hydrogen-bond acceptors (Lipinski definition) is 5. The van der Waals surface area contributed by atoms with Gasteiger partial charge in [-0.3, -0.25) is 0 Å². The van der Waals surface area contributed by atoms with Gasteiger partial charge < -0.3 is 29.7 Å². The quantitative estimate of drug-likeness (QED) is 0.206. The molecule has 0 spiro atoms. The number of halogens is 3. The fourth-order valence-electron chi connectivity index (χ4n) is 2.78. The van der Waals surface area contributed by atoms with E-state index < -0.39 is 6.61 Å². The largest absolute Gasteiger partial charge is 0.490 e. The molecule has 2 N–H and O–H groups in total. The van der Waals surface area contributed by atoms with Crippen LogP contribution in [0, 0.1) is 0 Å². The van der Waals surface area contributed by atoms with E-state index in [4.69, 9.17) is 14.2 Å². The third-order valence-electron chi connectivity index (χ3n) is 4.12. The van der Waals surface area contributed by atoms with Crippen molar-refractivity contribution < 1.29 is 23.0 Å². The van der Waals surface area contributed by atoms with Crippen LogP contribution < -0.4 is 20.1 Å². The lowest BCUT2D eigenvalue weighted by Crippen LogP contribution is -2.42. The minimum absolute atomic E-state index is 0. The molecule has 7 nitrogen and oxygen atoms in total. The van der Waals surface area contributed by atoms with Crippen LogP contribution in [-0.2, 0) is 11.3 Å². The van der Waals surface area contributed by atoms with Gasteiger partial charge in [-0.25, -0.2) is 4.99 Å². The summed E-state index contributed by atoms with van der Waals surface area (Å²) in [7, 11) is 4.05. The Labute approximate surface area is 201 Å². The van der Waals surface area contributed by atoms with Crippen molar-refractivity contribution in [3.8, 4) is 11.5 Å². The minimum Gasteiger partial charge on any atom is -0.490 e. The van der Waals surface area contributed by atoms with Gasteiger partial charge in [-0.15, -0.1) is 24.0 Å². The summed E-state index contributed by atoms with van der Waals surface area (Å²) < 4.78 is 41.7. The van der Waals surface area contributed by atoms with Gasteiger partial charge in [-0.05, 0) is 47.4 Å². The number of hydrogen-bond donors (Lipinski definition) is 2. The van der Waals surface area contributed by atoms with E-state index in [1.165, 1.54) is 0 Å². The second-order valence-electron chi connectivity index (χ2n) is 6.80. The van der Waals surface area contributed by atoms with Gasteiger partial charge >= 0.3 is 6.61 Å². The maximum atomic E-state index is 12.9. The Bertz CT molecular complexity index is 637. The van der Waals surface area contributed by atoms with Crippen LogP contribution in [0.2, 0.25) is 0 Å². The van der Waals surface area contributed by atoms with E-state index in [0.29, 0.717) is 37.8 Å². The van der Waals surface area contributed by atoms with Crippen molar-refractivity contribution in [2.24, 2.45) is 4.99 Å². The monoisotopic (exact) mass is 558 g/mol. The van der Waals surface area contributed by atoms with Crippen molar-refractivity contribution in [2.75, 3.05) is 46.9 Å². The molecule has 0 radical (unpaired) electrons. The Morgan fingerprint density at radius 2 is 1.87 bits per heavy atom. The molecule has 180 valence electrons. The number of benzene rings is 1. The van der Waals surface area contributed by atoms with Crippen molar-refractivity contribution >= 4 is 29.9 Å². The van der Waals surface area contributed by atoms with E-state index in [1.807, 2.05) is 27.9 Å². The first-order chi connectivity index (χ1) is 14.4. The van der Waals surface area contributed by atoms with E-state index in [0.717, 1.165) is 13.0 Å². The molecular weight excluding hydrogens is 521 g/mol. The molecule has 0 saturated carbocycles. The van der Waals surface area contributed by atoms with Gasteiger partial charge in [0, 0.05) is 31.8 Å². The standard InChI is InChI=1S/C21H36F2N4O3.HI/c1-6-24-21(26-15-17(28-7-2)12-13-27(4)5)25-14-16-10-9-11-18(29-8-3)19(16)30-20(22)23;/h9-11,17,20H,6-8,12-15H2,1-5H3,(H2,24,25,26);1H. The highest BCUT2D eigenvalue weighted by Gasteiger charge is 2.16. The Balaban J connectivity index is 0.00000900. The minimum atomic E-state index is -2.94. The van der Waals surface area contributed by atoms with Crippen LogP contribution in [0.1, 0.15) is 32.8 Å². The number of alkyl halides is 2. The lowest BCUT2D eigenvalue weighted by atomic mass is 10.2. The SMILES string of the molecule is CCNC(=NCc1cccc(OCC)c1OC(F)F)NCC(CCN(C)C)OCC.I. The number of nitrogens with zero attached hydrogens (tertiary/aromatic N) is 2. The molecule has 0 aromatic heterocycles. The Kier molecular flexibility index (Phi) is 16.4. The zero-order valence-electron chi connectivity index (χ0n) is 19.1. The molecule has 1 aromatic carbocycles. The highest BCUT2D eigenvalue weighted by molar-refractivity contribution is 14.0. The number of nitrogens with one attached hydrogen (secondary N) is 2. The van der Waals surface area contributed by atoms with Crippen LogP contribution in [0.15, 0.2) is 23.2 Å². The van der Waals surface area contributed by atoms with E-state index in [-0.39, 0.29) is 48.1 Å². The summed E-state index contributed by atoms with van der Waals surface area (Å²) in [5.41, 5.74) is 0.521. The summed E-state index contributed by atoms with van der Waals surface area (Å²) in [6, 6.07) is 5.05. The molecule has 0 amide bonds. The average molecular weight is 558 g/mol. The molecule has 0 bridgehead atoms. The Morgan fingerprint density at radius 1 is 1.13 bits per heavy atom. The van der Waals surface area contributed by atoms with Gasteiger partial charge in [-0.1, -0.05) is 12.1 Å². The summed E-state index contributed by atoms with van der Waals surface area (Å²) in [5, 5.41) is 6.44. The van der Waals surface area contributed by atoms with Crippen LogP contribution in [0.3, 0.4) is 0 Å². The van der Waals surface area contributed by atoms with Gasteiger partial charge in [0.05, 0.1) is 19.3 Å². The first-order valence-electron chi connectivity index (χ1n) is 10.4. The van der Waals surface area contributed by atoms with E-state index in [1.54, 1.807) is 25.1 Å². The molecular formula is C21H37F2IN4O3. The van der Waals surface area contributed by atoms with Crippen molar-refractivity contribution in [3.05, 3.63) is 23.8 Å². The topological polar surface area (TPSA) is 67.4 Å². The summed E-state index contributed by atoms with van der Waals surface area (Å²) in [4.78, 5) is 6.64. The van der Waals surface area contributed by atoms with E-state index in [2.05, 4.69) is 20.5 Å². The zero-order chi connectivity index (χ0) is 22.4. The van der Waals surface area contributed by atoms with Crippen LogP contribution >= 0.6 is 24.0 Å². The zero-order valence-corrected chi connectivity index (χ0v) is 21.5. The number of rotatable bonds is 14. The molecule has 0 aliphatic rings. The third kappa shape index (κ3) is 12.3. The van der Waals surface area contributed by atoms with Gasteiger partial charge in [-0.2, -0.15) is 8.78 Å². The van der Waals surface area contributed by atoms with E-state index >= 15 is 0 Å². The second kappa shape index (κ2) is 17.2. The summed E-state index contributed by atoms with van der Waals surface area (Å²) in [5.74, 6) is 0.882. The van der Waals surface area contributed by atoms with Crippen molar-refractivity contribution in [3.63, 3.8) is 0 Å². The number of aliphatic imine (C=N–C) groups is 1. The lowest BCUT2D eigenvalue weighted by molar-refractivity contribution is -0.0520. The molecule has 31 heavy (non-hydrogen) atoms. The average Bonchev–Trinajstić information content (AvgIpc) is 2.69. The van der Waals surface area contributed by atoms with Gasteiger partial charge in [0.15, 0.2) is 17.5 Å². The molecule has 0 aliphatic heterocycles. The maximum Gasteiger partial charge on any atom is 0.387 e. The normalized spacial score (nSPS) is 12.5. The molecule has 0 aliphatic carbocycles. The van der Waals surface area contributed by atoms with Gasteiger partial charge in [0.25, 0.3) is 0 Å². The molecule has 0 saturated heterocycles. The fourth-order valence-corrected chi connectivity index (χ4v) is 2.78. The fraction of sp³-hybridized carbons (Fsp3) is 0.667.